The quantitative estimate of drug-likeness (QED) is 0.649. The van der Waals surface area contributed by atoms with Crippen LogP contribution < -0.4 is 0 Å². The van der Waals surface area contributed by atoms with Gasteiger partial charge in [0.1, 0.15) is 5.82 Å². The standard InChI is InChI=1S/C12H14N4O3/c1-7(2)5-11-13-12(15-14-11)8-3-4-10(17)9(6-8)16(18)19/h3-4,6-7,17H,5H2,1-2H3,(H,13,14,15). The Morgan fingerprint density at radius 2 is 2.21 bits per heavy atom. The number of nitrogens with zero attached hydrogens (tertiary/aromatic N) is 3. The van der Waals surface area contributed by atoms with Gasteiger partial charge in [-0.3, -0.25) is 15.2 Å². The fourth-order valence-electron chi connectivity index (χ4n) is 1.71. The third-order valence-corrected chi connectivity index (χ3v) is 2.56. The van der Waals surface area contributed by atoms with E-state index in [1.54, 1.807) is 6.07 Å². The van der Waals surface area contributed by atoms with E-state index in [0.29, 0.717) is 17.3 Å². The number of aromatic nitrogens is 3. The van der Waals surface area contributed by atoms with Gasteiger partial charge >= 0.3 is 5.69 Å². The van der Waals surface area contributed by atoms with E-state index in [-0.39, 0.29) is 11.4 Å². The van der Waals surface area contributed by atoms with E-state index >= 15 is 0 Å². The number of nitro groups is 1. The lowest BCUT2D eigenvalue weighted by molar-refractivity contribution is -0.385. The number of aromatic amines is 1. The van der Waals surface area contributed by atoms with Crippen molar-refractivity contribution in [2.75, 3.05) is 0 Å². The molecule has 0 aliphatic carbocycles. The molecule has 1 aromatic heterocycles. The monoisotopic (exact) mass is 262 g/mol. The lowest BCUT2D eigenvalue weighted by Gasteiger charge is -1.99. The van der Waals surface area contributed by atoms with Crippen molar-refractivity contribution in [3.63, 3.8) is 0 Å². The highest BCUT2D eigenvalue weighted by Gasteiger charge is 2.16. The maximum absolute atomic E-state index is 10.8. The van der Waals surface area contributed by atoms with Crippen LogP contribution in [-0.4, -0.2) is 25.2 Å². The van der Waals surface area contributed by atoms with Gasteiger partial charge in [-0.15, -0.1) is 0 Å². The Balaban J connectivity index is 2.34. The molecule has 7 nitrogen and oxygen atoms in total. The lowest BCUT2D eigenvalue weighted by Crippen LogP contribution is -1.96. The molecule has 2 aromatic rings. The number of phenols is 1. The van der Waals surface area contributed by atoms with Gasteiger partial charge in [0.05, 0.1) is 4.92 Å². The molecule has 0 spiro atoms. The topological polar surface area (TPSA) is 105 Å². The predicted molar refractivity (Wildman–Crippen MR) is 68.7 cm³/mol. The molecule has 0 amide bonds. The maximum atomic E-state index is 10.8. The maximum Gasteiger partial charge on any atom is 0.311 e. The molecule has 1 aromatic carbocycles. The zero-order chi connectivity index (χ0) is 14.0. The number of rotatable bonds is 4. The summed E-state index contributed by atoms with van der Waals surface area (Å²) in [4.78, 5) is 14.4. The van der Waals surface area contributed by atoms with Crippen LogP contribution in [0.15, 0.2) is 18.2 Å². The average molecular weight is 262 g/mol. The summed E-state index contributed by atoms with van der Waals surface area (Å²) in [5.41, 5.74) is 0.142. The van der Waals surface area contributed by atoms with Crippen molar-refractivity contribution in [2.24, 2.45) is 5.92 Å². The van der Waals surface area contributed by atoms with Crippen LogP contribution in [0, 0.1) is 16.0 Å². The van der Waals surface area contributed by atoms with Gasteiger partial charge in [-0.05, 0) is 18.1 Å². The minimum absolute atomic E-state index is 0.354. The number of hydrogen-bond donors (Lipinski definition) is 2. The largest absolute Gasteiger partial charge is 0.502 e. The number of H-pyrrole nitrogens is 1. The van der Waals surface area contributed by atoms with Crippen LogP contribution >= 0.6 is 0 Å². The van der Waals surface area contributed by atoms with Crippen LogP contribution in [0.4, 0.5) is 5.69 Å². The minimum Gasteiger partial charge on any atom is -0.502 e. The van der Waals surface area contributed by atoms with E-state index in [9.17, 15) is 15.2 Å². The number of aromatic hydroxyl groups is 1. The molecule has 0 bridgehead atoms. The Morgan fingerprint density at radius 3 is 2.84 bits per heavy atom. The number of hydrogen-bond acceptors (Lipinski definition) is 5. The summed E-state index contributed by atoms with van der Waals surface area (Å²) >= 11 is 0. The first-order chi connectivity index (χ1) is 8.97. The number of nitrogens with one attached hydrogen (secondary N) is 1. The summed E-state index contributed by atoms with van der Waals surface area (Å²) in [7, 11) is 0. The molecule has 2 N–H and O–H groups in total. The van der Waals surface area contributed by atoms with Crippen LogP contribution in [0.2, 0.25) is 0 Å². The molecule has 1 heterocycles. The Labute approximate surface area is 109 Å². The molecule has 0 atom stereocenters. The summed E-state index contributed by atoms with van der Waals surface area (Å²) in [5, 5.41) is 27.0. The Kier molecular flexibility index (Phi) is 3.46. The molecule has 19 heavy (non-hydrogen) atoms. The zero-order valence-electron chi connectivity index (χ0n) is 10.6. The van der Waals surface area contributed by atoms with Gasteiger partial charge in [-0.1, -0.05) is 13.8 Å². The van der Waals surface area contributed by atoms with Gasteiger partial charge in [0, 0.05) is 18.1 Å². The molecule has 0 saturated heterocycles. The summed E-state index contributed by atoms with van der Waals surface area (Å²) in [5.74, 6) is 1.20. The van der Waals surface area contributed by atoms with Crippen LogP contribution in [-0.2, 0) is 6.42 Å². The second kappa shape index (κ2) is 5.05. The number of benzene rings is 1. The first-order valence-corrected chi connectivity index (χ1v) is 5.86. The second-order valence-corrected chi connectivity index (χ2v) is 4.66. The van der Waals surface area contributed by atoms with Crippen molar-refractivity contribution < 1.29 is 10.0 Å². The minimum atomic E-state index is -0.638. The zero-order valence-corrected chi connectivity index (χ0v) is 10.6. The van der Waals surface area contributed by atoms with Gasteiger partial charge in [-0.25, -0.2) is 4.98 Å². The Bertz CT molecular complexity index is 607. The van der Waals surface area contributed by atoms with Crippen molar-refractivity contribution in [2.45, 2.75) is 20.3 Å². The highest BCUT2D eigenvalue weighted by Crippen LogP contribution is 2.29. The molecule has 0 aliphatic heterocycles. The smallest absolute Gasteiger partial charge is 0.311 e. The molecule has 7 heteroatoms. The molecular formula is C12H14N4O3. The third-order valence-electron chi connectivity index (χ3n) is 2.56. The Hall–Kier alpha value is -2.44. The average Bonchev–Trinajstić information content (AvgIpc) is 2.76. The van der Waals surface area contributed by atoms with Crippen molar-refractivity contribution in [3.8, 4) is 17.1 Å². The van der Waals surface area contributed by atoms with Crippen molar-refractivity contribution in [1.29, 1.82) is 0 Å². The van der Waals surface area contributed by atoms with Crippen molar-refractivity contribution in [1.82, 2.24) is 15.2 Å². The van der Waals surface area contributed by atoms with E-state index in [4.69, 9.17) is 0 Å². The van der Waals surface area contributed by atoms with Gasteiger partial charge < -0.3 is 5.11 Å². The SMILES string of the molecule is CC(C)Cc1nc(-c2ccc(O)c([N+](=O)[O-])c2)n[nH]1. The molecule has 0 radical (unpaired) electrons. The normalized spacial score (nSPS) is 10.9. The van der Waals surface area contributed by atoms with Crippen molar-refractivity contribution in [3.05, 3.63) is 34.1 Å². The molecule has 100 valence electrons. The van der Waals surface area contributed by atoms with Crippen LogP contribution in [0.25, 0.3) is 11.4 Å². The van der Waals surface area contributed by atoms with Crippen LogP contribution in [0.1, 0.15) is 19.7 Å². The molecule has 0 fully saturated rings. The van der Waals surface area contributed by atoms with E-state index in [2.05, 4.69) is 29.0 Å². The molecule has 2 rings (SSSR count). The molecular weight excluding hydrogens is 248 g/mol. The first-order valence-electron chi connectivity index (χ1n) is 5.86. The van der Waals surface area contributed by atoms with Gasteiger partial charge in [0.2, 0.25) is 0 Å². The van der Waals surface area contributed by atoms with Crippen LogP contribution in [0.3, 0.4) is 0 Å². The molecule has 0 unspecified atom stereocenters. The molecule has 0 saturated carbocycles. The highest BCUT2D eigenvalue weighted by molar-refractivity contribution is 5.63. The van der Waals surface area contributed by atoms with Crippen LogP contribution in [0.5, 0.6) is 5.75 Å². The van der Waals surface area contributed by atoms with Gasteiger partial charge in [-0.2, -0.15) is 5.10 Å². The number of nitro benzene ring substituents is 1. The van der Waals surface area contributed by atoms with E-state index < -0.39 is 4.92 Å². The van der Waals surface area contributed by atoms with Gasteiger partial charge in [0.15, 0.2) is 11.6 Å². The first kappa shape index (κ1) is 13.0. The lowest BCUT2D eigenvalue weighted by atomic mass is 10.1. The fourth-order valence-corrected chi connectivity index (χ4v) is 1.71. The van der Waals surface area contributed by atoms with Crippen molar-refractivity contribution >= 4 is 5.69 Å². The highest BCUT2D eigenvalue weighted by atomic mass is 16.6. The second-order valence-electron chi connectivity index (χ2n) is 4.66. The summed E-state index contributed by atoms with van der Waals surface area (Å²) in [6.07, 6.45) is 0.757. The fraction of sp³-hybridized carbons (Fsp3) is 0.333. The van der Waals surface area contributed by atoms with E-state index in [0.717, 1.165) is 12.2 Å². The van der Waals surface area contributed by atoms with Gasteiger partial charge in [0.25, 0.3) is 0 Å². The molecule has 0 aliphatic rings. The summed E-state index contributed by atoms with van der Waals surface area (Å²) < 4.78 is 0. The summed E-state index contributed by atoms with van der Waals surface area (Å²) in [6, 6.07) is 4.08. The summed E-state index contributed by atoms with van der Waals surface area (Å²) in [6.45, 7) is 4.13. The predicted octanol–water partition coefficient (Wildman–Crippen LogP) is 2.28. The Morgan fingerprint density at radius 1 is 1.47 bits per heavy atom. The van der Waals surface area contributed by atoms with E-state index in [1.807, 2.05) is 0 Å². The van der Waals surface area contributed by atoms with E-state index in [1.165, 1.54) is 12.1 Å². The third kappa shape index (κ3) is 2.87. The number of phenolic OH excluding ortho intramolecular Hbond substituents is 1.